The van der Waals surface area contributed by atoms with Crippen LogP contribution in [0.2, 0.25) is 0 Å². The zero-order valence-electron chi connectivity index (χ0n) is 13.3. The Bertz CT molecular complexity index is 1230. The second-order valence-corrected chi connectivity index (χ2v) is 8.41. The van der Waals surface area contributed by atoms with E-state index in [0.717, 1.165) is 6.07 Å². The third kappa shape index (κ3) is 3.80. The summed E-state index contributed by atoms with van der Waals surface area (Å²) in [7, 11) is -10.2. The molecule has 0 aliphatic rings. The number of carboxylic acids is 1. The number of hydrogen-bond donors (Lipinski definition) is 2. The SMILES string of the molecule is O=[N+]([O-])c1ccc(S(=O)(=O)c2ccc(C(O)=[OH+])cc2S(=O)(=O)O)c([N+](=O)[O-])c1. The molecule has 0 aliphatic heterocycles. The maximum atomic E-state index is 12.8. The fourth-order valence-corrected chi connectivity index (χ4v) is 4.89. The largest absolute Gasteiger partial charge is 0.515 e. The molecule has 13 nitrogen and oxygen atoms in total. The number of nitro benzene ring substituents is 2. The monoisotopic (exact) mass is 433 g/mol. The molecule has 15 heteroatoms. The predicted molar refractivity (Wildman–Crippen MR) is 90.1 cm³/mol. The molecule has 0 saturated carbocycles. The van der Waals surface area contributed by atoms with Crippen LogP contribution in [0.4, 0.5) is 11.4 Å². The van der Waals surface area contributed by atoms with Gasteiger partial charge in [-0.25, -0.2) is 8.42 Å². The maximum absolute atomic E-state index is 12.8. The minimum Gasteiger partial charge on any atom is -0.335 e. The van der Waals surface area contributed by atoms with E-state index in [-0.39, 0.29) is 0 Å². The van der Waals surface area contributed by atoms with Gasteiger partial charge in [0.2, 0.25) is 9.84 Å². The molecule has 0 heterocycles. The van der Waals surface area contributed by atoms with Crippen LogP contribution in [0.3, 0.4) is 0 Å². The van der Waals surface area contributed by atoms with Crippen LogP contribution >= 0.6 is 0 Å². The first-order chi connectivity index (χ1) is 12.8. The van der Waals surface area contributed by atoms with Gasteiger partial charge >= 0.3 is 5.97 Å². The van der Waals surface area contributed by atoms with Gasteiger partial charge in [0.05, 0.1) is 20.8 Å². The fraction of sp³-hybridized carbons (Fsp3) is 0. The zero-order chi connectivity index (χ0) is 21.4. The summed E-state index contributed by atoms with van der Waals surface area (Å²) in [6.07, 6.45) is 0. The van der Waals surface area contributed by atoms with E-state index in [1.54, 1.807) is 0 Å². The van der Waals surface area contributed by atoms with Crippen molar-refractivity contribution in [2.45, 2.75) is 14.7 Å². The van der Waals surface area contributed by atoms with Crippen molar-refractivity contribution in [2.24, 2.45) is 0 Å². The molecule has 0 saturated heterocycles. The minimum absolute atomic E-state index is 0.377. The van der Waals surface area contributed by atoms with E-state index in [4.69, 9.17) is 9.90 Å². The summed E-state index contributed by atoms with van der Waals surface area (Å²) in [5.74, 6) is -1.38. The molecule has 0 fully saturated rings. The number of aliphatic hydroxyl groups excluding tert-OH is 1. The Kier molecular flexibility index (Phi) is 5.18. The number of aromatic carboxylic acids is 1. The standard InChI is InChI=1S/C13H8N2O11S2/c16-13(17)7-1-3-11(12(5-7)28(24,25)26)27(22,23)10-4-2-8(14(18)19)6-9(10)15(20)21/h1-6H,(H,16,17)(H,24,25,26)/p+1. The summed E-state index contributed by atoms with van der Waals surface area (Å²) in [6, 6.07) is 3.35. The molecule has 0 aromatic heterocycles. The Morgan fingerprint density at radius 1 is 0.893 bits per heavy atom. The van der Waals surface area contributed by atoms with Crippen molar-refractivity contribution in [3.8, 4) is 0 Å². The van der Waals surface area contributed by atoms with E-state index in [0.29, 0.717) is 30.3 Å². The van der Waals surface area contributed by atoms with E-state index in [2.05, 4.69) is 0 Å². The number of sulfone groups is 1. The molecule has 0 radical (unpaired) electrons. The lowest BCUT2D eigenvalue weighted by Crippen LogP contribution is -2.13. The molecule has 0 spiro atoms. The van der Waals surface area contributed by atoms with Gasteiger partial charge in [0, 0.05) is 6.07 Å². The average molecular weight is 433 g/mol. The van der Waals surface area contributed by atoms with E-state index >= 15 is 0 Å². The highest BCUT2D eigenvalue weighted by Crippen LogP contribution is 2.35. The highest BCUT2D eigenvalue weighted by molar-refractivity contribution is 7.93. The van der Waals surface area contributed by atoms with Gasteiger partial charge in [0.1, 0.15) is 15.4 Å². The van der Waals surface area contributed by atoms with E-state index in [9.17, 15) is 41.6 Å². The number of rotatable bonds is 6. The molecule has 2 aromatic carbocycles. The highest BCUT2D eigenvalue weighted by atomic mass is 32.2. The Balaban J connectivity index is 2.88. The number of hydrogen-bond acceptors (Lipinski definition) is 8. The Morgan fingerprint density at radius 3 is 1.93 bits per heavy atom. The van der Waals surface area contributed by atoms with Gasteiger partial charge in [0.25, 0.3) is 21.5 Å². The number of carboxylic acid groups (broad SMARTS) is 1. The van der Waals surface area contributed by atoms with E-state index in [1.165, 1.54) is 0 Å². The van der Waals surface area contributed by atoms with E-state index < -0.39 is 67.4 Å². The lowest BCUT2D eigenvalue weighted by molar-refractivity contribution is -0.396. The normalized spacial score (nSPS) is 11.8. The number of non-ortho nitro benzene ring substituents is 1. The van der Waals surface area contributed by atoms with Gasteiger partial charge in [-0.1, -0.05) is 0 Å². The first-order valence-corrected chi connectivity index (χ1v) is 9.74. The summed E-state index contributed by atoms with van der Waals surface area (Å²) >= 11 is 0. The van der Waals surface area contributed by atoms with Crippen molar-refractivity contribution in [1.29, 1.82) is 0 Å². The van der Waals surface area contributed by atoms with Crippen LogP contribution in [-0.4, -0.2) is 47.1 Å². The molecule has 0 bridgehead atoms. The fourth-order valence-electron chi connectivity index (χ4n) is 2.18. The van der Waals surface area contributed by atoms with E-state index in [1.807, 2.05) is 0 Å². The van der Waals surface area contributed by atoms with Crippen LogP contribution in [0.5, 0.6) is 0 Å². The smallest absolute Gasteiger partial charge is 0.335 e. The van der Waals surface area contributed by atoms with Crippen LogP contribution in [0.25, 0.3) is 0 Å². The Morgan fingerprint density at radius 2 is 1.46 bits per heavy atom. The van der Waals surface area contributed by atoms with Crippen molar-refractivity contribution >= 4 is 37.3 Å². The molecule has 0 unspecified atom stereocenters. The van der Waals surface area contributed by atoms with Gasteiger partial charge in [0.15, 0.2) is 0 Å². The van der Waals surface area contributed by atoms with Crippen molar-refractivity contribution < 1.29 is 41.1 Å². The minimum atomic E-state index is -5.23. The first-order valence-electron chi connectivity index (χ1n) is 6.81. The molecule has 148 valence electrons. The quantitative estimate of drug-likeness (QED) is 0.285. The van der Waals surface area contributed by atoms with Crippen molar-refractivity contribution in [2.75, 3.05) is 0 Å². The third-order valence-electron chi connectivity index (χ3n) is 3.41. The van der Waals surface area contributed by atoms with Gasteiger partial charge in [-0.3, -0.25) is 24.8 Å². The molecule has 0 amide bonds. The molecule has 3 N–H and O–H groups in total. The summed E-state index contributed by atoms with van der Waals surface area (Å²) in [6.45, 7) is 0. The van der Waals surface area contributed by atoms with Gasteiger partial charge in [-0.05, 0) is 24.3 Å². The predicted octanol–water partition coefficient (Wildman–Crippen LogP) is 0.991. The summed E-state index contributed by atoms with van der Waals surface area (Å²) in [4.78, 5) is 25.3. The highest BCUT2D eigenvalue weighted by Gasteiger charge is 2.34. The second-order valence-electron chi connectivity index (χ2n) is 5.13. The zero-order valence-corrected chi connectivity index (χ0v) is 14.9. The molecular weight excluding hydrogens is 424 g/mol. The third-order valence-corrected chi connectivity index (χ3v) is 6.29. The van der Waals surface area contributed by atoms with Crippen LogP contribution in [-0.2, 0) is 20.0 Å². The molecule has 0 atom stereocenters. The van der Waals surface area contributed by atoms with Crippen LogP contribution in [0, 0.1) is 20.2 Å². The second kappa shape index (κ2) is 6.95. The average Bonchev–Trinajstić information content (AvgIpc) is 2.59. The summed E-state index contributed by atoms with van der Waals surface area (Å²) in [5.41, 5.74) is -2.54. The maximum Gasteiger partial charge on any atom is 0.515 e. The van der Waals surface area contributed by atoms with Crippen LogP contribution in [0.1, 0.15) is 5.56 Å². The Hall–Kier alpha value is -3.43. The lowest BCUT2D eigenvalue weighted by atomic mass is 10.2. The molecular formula is C13H9N2O11S2+. The van der Waals surface area contributed by atoms with Gasteiger partial charge < -0.3 is 9.90 Å². The Labute approximate surface area is 155 Å². The van der Waals surface area contributed by atoms with Crippen molar-refractivity contribution in [1.82, 2.24) is 0 Å². The number of benzene rings is 2. The molecule has 0 aliphatic carbocycles. The summed E-state index contributed by atoms with van der Waals surface area (Å²) < 4.78 is 58.0. The van der Waals surface area contributed by atoms with Crippen molar-refractivity contribution in [3.63, 3.8) is 0 Å². The van der Waals surface area contributed by atoms with Gasteiger partial charge in [-0.2, -0.15) is 8.42 Å². The molecule has 2 rings (SSSR count). The van der Waals surface area contributed by atoms with Crippen LogP contribution in [0.15, 0.2) is 51.1 Å². The van der Waals surface area contributed by atoms with Gasteiger partial charge in [-0.15, -0.1) is 0 Å². The molecule has 2 aromatic rings. The lowest BCUT2D eigenvalue weighted by Gasteiger charge is -2.09. The summed E-state index contributed by atoms with van der Waals surface area (Å²) in [5, 5.41) is 31.0. The van der Waals surface area contributed by atoms with Crippen LogP contribution < -0.4 is 0 Å². The topological polar surface area (TPSA) is 216 Å². The first kappa shape index (κ1) is 20.9. The van der Waals surface area contributed by atoms with Crippen molar-refractivity contribution in [3.05, 3.63) is 62.2 Å². The number of nitro groups is 2. The number of nitrogens with zero attached hydrogens (tertiary/aromatic N) is 2. The molecule has 28 heavy (non-hydrogen) atoms.